The normalized spacial score (nSPS) is 24.8. The van der Waals surface area contributed by atoms with Crippen molar-refractivity contribution in [3.8, 4) is 0 Å². The summed E-state index contributed by atoms with van der Waals surface area (Å²) in [5.74, 6) is 0. The summed E-state index contributed by atoms with van der Waals surface area (Å²) in [5, 5.41) is 4.55. The third kappa shape index (κ3) is 3.43. The molecular formula is C13H23N3OS. The van der Waals surface area contributed by atoms with Crippen molar-refractivity contribution in [3.63, 3.8) is 0 Å². The third-order valence-corrected chi connectivity index (χ3v) is 4.11. The lowest BCUT2D eigenvalue weighted by Gasteiger charge is -2.36. The van der Waals surface area contributed by atoms with Crippen LogP contribution in [0.5, 0.6) is 0 Å². The van der Waals surface area contributed by atoms with Crippen molar-refractivity contribution in [2.75, 3.05) is 18.1 Å². The summed E-state index contributed by atoms with van der Waals surface area (Å²) >= 11 is 1.78. The van der Waals surface area contributed by atoms with Crippen LogP contribution in [0.3, 0.4) is 0 Å². The molecule has 2 unspecified atom stereocenters. The number of morpholine rings is 1. The second-order valence-electron chi connectivity index (χ2n) is 5.29. The first-order valence-corrected chi connectivity index (χ1v) is 7.44. The van der Waals surface area contributed by atoms with Gasteiger partial charge in [0.2, 0.25) is 0 Å². The summed E-state index contributed by atoms with van der Waals surface area (Å²) in [6, 6.07) is 0.927. The Hall–Kier alpha value is -0.650. The Morgan fingerprint density at radius 2 is 2.33 bits per heavy atom. The Bertz CT molecular complexity index is 380. The molecule has 4 nitrogen and oxygen atoms in total. The number of rotatable bonds is 4. The first kappa shape index (κ1) is 13.8. The summed E-state index contributed by atoms with van der Waals surface area (Å²) in [7, 11) is 0. The van der Waals surface area contributed by atoms with Gasteiger partial charge < -0.3 is 15.0 Å². The van der Waals surface area contributed by atoms with Gasteiger partial charge in [-0.05, 0) is 13.8 Å². The molecule has 0 amide bonds. The number of aromatic nitrogens is 1. The first-order chi connectivity index (χ1) is 8.56. The molecule has 2 atom stereocenters. The highest BCUT2D eigenvalue weighted by Crippen LogP contribution is 2.26. The van der Waals surface area contributed by atoms with Gasteiger partial charge in [0.15, 0.2) is 5.13 Å². The number of nitrogens with one attached hydrogen (secondary N) is 1. The van der Waals surface area contributed by atoms with Crippen LogP contribution in [0.25, 0.3) is 0 Å². The smallest absolute Gasteiger partial charge is 0.185 e. The van der Waals surface area contributed by atoms with Crippen LogP contribution in [-0.4, -0.2) is 36.3 Å². The lowest BCUT2D eigenvalue weighted by Crippen LogP contribution is -2.47. The summed E-state index contributed by atoms with van der Waals surface area (Å²) < 4.78 is 5.65. The molecule has 1 saturated heterocycles. The molecule has 0 aromatic carbocycles. The van der Waals surface area contributed by atoms with Crippen LogP contribution in [0.15, 0.2) is 6.20 Å². The Morgan fingerprint density at radius 3 is 3.06 bits per heavy atom. The van der Waals surface area contributed by atoms with Crippen molar-refractivity contribution in [2.24, 2.45) is 0 Å². The van der Waals surface area contributed by atoms with Crippen LogP contribution in [0, 0.1) is 0 Å². The Labute approximate surface area is 113 Å². The lowest BCUT2D eigenvalue weighted by atomic mass is 10.2. The van der Waals surface area contributed by atoms with E-state index in [1.165, 1.54) is 4.88 Å². The maximum Gasteiger partial charge on any atom is 0.185 e. The molecular weight excluding hydrogens is 246 g/mol. The quantitative estimate of drug-likeness (QED) is 0.910. The first-order valence-electron chi connectivity index (χ1n) is 6.62. The summed E-state index contributed by atoms with van der Waals surface area (Å²) in [6.45, 7) is 11.3. The van der Waals surface area contributed by atoms with E-state index in [-0.39, 0.29) is 0 Å². The van der Waals surface area contributed by atoms with Crippen LogP contribution < -0.4 is 10.2 Å². The van der Waals surface area contributed by atoms with Crippen LogP contribution >= 0.6 is 11.3 Å². The Balaban J connectivity index is 1.99. The SMILES string of the molecule is CC(C)NCc1cnc(N2CC(C)OCC2C)s1. The second-order valence-corrected chi connectivity index (χ2v) is 6.38. The topological polar surface area (TPSA) is 37.4 Å². The minimum Gasteiger partial charge on any atom is -0.375 e. The van der Waals surface area contributed by atoms with E-state index in [9.17, 15) is 0 Å². The molecule has 1 aromatic heterocycles. The molecule has 1 N–H and O–H groups in total. The molecule has 0 bridgehead atoms. The number of thiazole rings is 1. The van der Waals surface area contributed by atoms with E-state index in [2.05, 4.69) is 42.9 Å². The van der Waals surface area contributed by atoms with Gasteiger partial charge in [-0.25, -0.2) is 4.98 Å². The third-order valence-electron chi connectivity index (χ3n) is 3.08. The van der Waals surface area contributed by atoms with Gasteiger partial charge >= 0.3 is 0 Å². The largest absolute Gasteiger partial charge is 0.375 e. The van der Waals surface area contributed by atoms with Gasteiger partial charge in [0.25, 0.3) is 0 Å². The fraction of sp³-hybridized carbons (Fsp3) is 0.769. The fourth-order valence-electron chi connectivity index (χ4n) is 1.99. The van der Waals surface area contributed by atoms with Crippen molar-refractivity contribution in [1.82, 2.24) is 10.3 Å². The van der Waals surface area contributed by atoms with Crippen LogP contribution in [-0.2, 0) is 11.3 Å². The van der Waals surface area contributed by atoms with Gasteiger partial charge in [0.05, 0.1) is 18.8 Å². The van der Waals surface area contributed by atoms with E-state index in [4.69, 9.17) is 4.74 Å². The van der Waals surface area contributed by atoms with Crippen LogP contribution in [0.2, 0.25) is 0 Å². The lowest BCUT2D eigenvalue weighted by molar-refractivity contribution is 0.0343. The number of anilines is 1. The molecule has 1 fully saturated rings. The van der Waals surface area contributed by atoms with Gasteiger partial charge in [0.1, 0.15) is 0 Å². The maximum atomic E-state index is 5.65. The van der Waals surface area contributed by atoms with Gasteiger partial charge in [-0.15, -0.1) is 11.3 Å². The highest BCUT2D eigenvalue weighted by molar-refractivity contribution is 7.15. The van der Waals surface area contributed by atoms with E-state index >= 15 is 0 Å². The van der Waals surface area contributed by atoms with Crippen molar-refractivity contribution in [1.29, 1.82) is 0 Å². The number of hydrogen-bond donors (Lipinski definition) is 1. The van der Waals surface area contributed by atoms with E-state index in [1.807, 2.05) is 6.20 Å². The molecule has 0 saturated carbocycles. The van der Waals surface area contributed by atoms with Gasteiger partial charge in [-0.2, -0.15) is 0 Å². The molecule has 5 heteroatoms. The highest BCUT2D eigenvalue weighted by Gasteiger charge is 2.25. The van der Waals surface area contributed by atoms with Crippen molar-refractivity contribution in [2.45, 2.75) is 52.4 Å². The molecule has 2 rings (SSSR count). The van der Waals surface area contributed by atoms with E-state index in [1.54, 1.807) is 11.3 Å². The van der Waals surface area contributed by atoms with Crippen LogP contribution in [0.1, 0.15) is 32.6 Å². The molecule has 1 aliphatic rings. The molecule has 0 radical (unpaired) electrons. The average Bonchev–Trinajstić information content (AvgIpc) is 2.78. The molecule has 18 heavy (non-hydrogen) atoms. The predicted octanol–water partition coefficient (Wildman–Crippen LogP) is 2.25. The van der Waals surface area contributed by atoms with Crippen LogP contribution in [0.4, 0.5) is 5.13 Å². The molecule has 0 spiro atoms. The number of ether oxygens (including phenoxy) is 1. The Kier molecular flexibility index (Phi) is 4.59. The standard InChI is InChI=1S/C13H23N3OS/c1-9(2)14-5-12-6-15-13(18-12)16-7-11(4)17-8-10(16)3/h6,9-11,14H,5,7-8H2,1-4H3. The summed E-state index contributed by atoms with van der Waals surface area (Å²) in [5.41, 5.74) is 0. The summed E-state index contributed by atoms with van der Waals surface area (Å²) in [4.78, 5) is 8.21. The van der Waals surface area contributed by atoms with E-state index < -0.39 is 0 Å². The molecule has 2 heterocycles. The molecule has 1 aromatic rings. The fourth-order valence-corrected chi connectivity index (χ4v) is 2.96. The number of hydrogen-bond acceptors (Lipinski definition) is 5. The highest BCUT2D eigenvalue weighted by atomic mass is 32.1. The maximum absolute atomic E-state index is 5.65. The van der Waals surface area contributed by atoms with Crippen molar-refractivity contribution in [3.05, 3.63) is 11.1 Å². The zero-order chi connectivity index (χ0) is 13.1. The van der Waals surface area contributed by atoms with Gasteiger partial charge in [-0.3, -0.25) is 0 Å². The van der Waals surface area contributed by atoms with Gasteiger partial charge in [0, 0.05) is 30.2 Å². The zero-order valence-corrected chi connectivity index (χ0v) is 12.5. The minimum atomic E-state index is 0.294. The molecule has 102 valence electrons. The van der Waals surface area contributed by atoms with E-state index in [0.717, 1.165) is 24.8 Å². The molecule has 1 aliphatic heterocycles. The predicted molar refractivity (Wildman–Crippen MR) is 76.3 cm³/mol. The van der Waals surface area contributed by atoms with Crippen molar-refractivity contribution < 1.29 is 4.74 Å². The zero-order valence-electron chi connectivity index (χ0n) is 11.6. The monoisotopic (exact) mass is 269 g/mol. The second kappa shape index (κ2) is 5.99. The van der Waals surface area contributed by atoms with E-state index in [0.29, 0.717) is 18.2 Å². The molecule has 0 aliphatic carbocycles. The van der Waals surface area contributed by atoms with Gasteiger partial charge in [-0.1, -0.05) is 13.8 Å². The Morgan fingerprint density at radius 1 is 1.56 bits per heavy atom. The van der Waals surface area contributed by atoms with Crippen molar-refractivity contribution >= 4 is 16.5 Å². The minimum absolute atomic E-state index is 0.294. The average molecular weight is 269 g/mol. The number of nitrogens with zero attached hydrogens (tertiary/aromatic N) is 2. The summed E-state index contributed by atoms with van der Waals surface area (Å²) in [6.07, 6.45) is 2.28.